The molecule has 0 aromatic rings. The van der Waals surface area contributed by atoms with Crippen LogP contribution in [0.1, 0.15) is 57.8 Å². The summed E-state index contributed by atoms with van der Waals surface area (Å²) in [6, 6.07) is 0. The maximum absolute atomic E-state index is 11.7. The van der Waals surface area contributed by atoms with Gasteiger partial charge in [-0.3, -0.25) is 9.59 Å². The van der Waals surface area contributed by atoms with E-state index >= 15 is 0 Å². The fourth-order valence-electron chi connectivity index (χ4n) is 2.88. The minimum atomic E-state index is -0.693. The number of carboxylic acids is 1. The zero-order chi connectivity index (χ0) is 13.7. The molecular weight excluding hydrogens is 280 g/mol. The van der Waals surface area contributed by atoms with E-state index in [-0.39, 0.29) is 10.5 Å². The van der Waals surface area contributed by atoms with Crippen molar-refractivity contribution in [2.75, 3.05) is 5.75 Å². The Kier molecular flexibility index (Phi) is 5.63. The predicted molar refractivity (Wildman–Crippen MR) is 80.8 cm³/mol. The standard InChI is InChI=1S/C14H22O3S2/c15-11-4-3-8-14(10-11)18-9-7-12(19-14)5-1-2-6-13(16)17/h12H,1-10H2,(H,16,17). The maximum Gasteiger partial charge on any atom is 0.303 e. The van der Waals surface area contributed by atoms with Gasteiger partial charge in [0.2, 0.25) is 0 Å². The number of hydrogen-bond acceptors (Lipinski definition) is 4. The fraction of sp³-hybridized carbons (Fsp3) is 0.857. The van der Waals surface area contributed by atoms with Gasteiger partial charge in [0, 0.05) is 24.5 Å². The van der Waals surface area contributed by atoms with Gasteiger partial charge in [0.1, 0.15) is 5.78 Å². The van der Waals surface area contributed by atoms with Gasteiger partial charge in [-0.05, 0) is 37.9 Å². The molecule has 1 aliphatic carbocycles. The van der Waals surface area contributed by atoms with Gasteiger partial charge in [-0.15, -0.1) is 23.5 Å². The molecule has 0 radical (unpaired) electrons. The van der Waals surface area contributed by atoms with Crippen LogP contribution in [0.15, 0.2) is 0 Å². The predicted octanol–water partition coefficient (Wildman–Crippen LogP) is 3.71. The van der Waals surface area contributed by atoms with Gasteiger partial charge < -0.3 is 5.11 Å². The highest BCUT2D eigenvalue weighted by Crippen LogP contribution is 2.53. The number of thioether (sulfide) groups is 2. The molecule has 2 aliphatic rings. The van der Waals surface area contributed by atoms with Crippen molar-refractivity contribution >= 4 is 35.3 Å². The Morgan fingerprint density at radius 1 is 1.42 bits per heavy atom. The first kappa shape index (κ1) is 15.2. The van der Waals surface area contributed by atoms with Crippen molar-refractivity contribution in [1.82, 2.24) is 0 Å². The van der Waals surface area contributed by atoms with Crippen molar-refractivity contribution in [3.05, 3.63) is 0 Å². The highest BCUT2D eigenvalue weighted by atomic mass is 32.2. The molecule has 1 spiro atoms. The smallest absolute Gasteiger partial charge is 0.303 e. The lowest BCUT2D eigenvalue weighted by molar-refractivity contribution is -0.137. The molecular formula is C14H22O3S2. The second-order valence-corrected chi connectivity index (χ2v) is 8.92. The molecule has 2 fully saturated rings. The molecule has 19 heavy (non-hydrogen) atoms. The summed E-state index contributed by atoms with van der Waals surface area (Å²) in [6.45, 7) is 0. The number of aliphatic carboxylic acids is 1. The minimum Gasteiger partial charge on any atom is -0.481 e. The summed E-state index contributed by atoms with van der Waals surface area (Å²) in [5.41, 5.74) is 0. The lowest BCUT2D eigenvalue weighted by atomic mass is 9.98. The highest BCUT2D eigenvalue weighted by Gasteiger charge is 2.41. The molecule has 0 bridgehead atoms. The Hall–Kier alpha value is -0.160. The molecule has 1 aliphatic heterocycles. The molecule has 0 aromatic carbocycles. The Balaban J connectivity index is 1.77. The van der Waals surface area contributed by atoms with Gasteiger partial charge in [-0.1, -0.05) is 6.42 Å². The van der Waals surface area contributed by atoms with Crippen molar-refractivity contribution in [2.24, 2.45) is 0 Å². The molecule has 108 valence electrons. The van der Waals surface area contributed by atoms with E-state index in [9.17, 15) is 9.59 Å². The average Bonchev–Trinajstić information content (AvgIpc) is 2.34. The fourth-order valence-corrected chi connectivity index (χ4v) is 6.92. The molecule has 1 saturated heterocycles. The summed E-state index contributed by atoms with van der Waals surface area (Å²) in [7, 11) is 0. The topological polar surface area (TPSA) is 54.4 Å². The Morgan fingerprint density at radius 3 is 3.00 bits per heavy atom. The Morgan fingerprint density at radius 2 is 2.26 bits per heavy atom. The molecule has 1 saturated carbocycles. The van der Waals surface area contributed by atoms with Crippen LogP contribution >= 0.6 is 23.5 Å². The number of rotatable bonds is 5. The van der Waals surface area contributed by atoms with Crippen LogP contribution in [-0.2, 0) is 9.59 Å². The first-order valence-electron chi connectivity index (χ1n) is 7.15. The van der Waals surface area contributed by atoms with Crippen molar-refractivity contribution in [1.29, 1.82) is 0 Å². The van der Waals surface area contributed by atoms with Gasteiger partial charge in [-0.2, -0.15) is 0 Å². The summed E-state index contributed by atoms with van der Waals surface area (Å²) >= 11 is 4.00. The van der Waals surface area contributed by atoms with Crippen LogP contribution in [0.4, 0.5) is 0 Å². The number of carboxylic acid groups (broad SMARTS) is 1. The number of ketones is 1. The minimum absolute atomic E-state index is 0.158. The van der Waals surface area contributed by atoms with E-state index in [4.69, 9.17) is 5.11 Å². The third-order valence-corrected chi connectivity index (χ3v) is 7.37. The molecule has 0 amide bonds. The van der Waals surface area contributed by atoms with Crippen molar-refractivity contribution in [3.8, 4) is 0 Å². The van der Waals surface area contributed by atoms with Gasteiger partial charge >= 0.3 is 5.97 Å². The third-order valence-electron chi connectivity index (χ3n) is 3.83. The third kappa shape index (κ3) is 4.71. The summed E-state index contributed by atoms with van der Waals surface area (Å²) in [4.78, 5) is 22.2. The van der Waals surface area contributed by atoms with Crippen LogP contribution in [0.2, 0.25) is 0 Å². The largest absolute Gasteiger partial charge is 0.481 e. The van der Waals surface area contributed by atoms with Crippen LogP contribution in [0.25, 0.3) is 0 Å². The summed E-state index contributed by atoms with van der Waals surface area (Å²) in [6.07, 6.45) is 8.11. The normalized spacial score (nSPS) is 31.6. The van der Waals surface area contributed by atoms with Crippen molar-refractivity contribution in [2.45, 2.75) is 67.1 Å². The van der Waals surface area contributed by atoms with E-state index in [1.807, 2.05) is 23.5 Å². The van der Waals surface area contributed by atoms with E-state index in [0.29, 0.717) is 11.0 Å². The quantitative estimate of drug-likeness (QED) is 0.785. The van der Waals surface area contributed by atoms with E-state index in [0.717, 1.165) is 44.3 Å². The Bertz CT molecular complexity index is 342. The highest BCUT2D eigenvalue weighted by molar-refractivity contribution is 8.19. The number of unbranched alkanes of at least 4 members (excludes halogenated alkanes) is 1. The molecule has 5 heteroatoms. The summed E-state index contributed by atoms with van der Waals surface area (Å²) in [5, 5.41) is 9.26. The second-order valence-electron chi connectivity index (χ2n) is 5.50. The van der Waals surface area contributed by atoms with Gasteiger partial charge in [0.15, 0.2) is 0 Å². The molecule has 2 unspecified atom stereocenters. The zero-order valence-electron chi connectivity index (χ0n) is 11.2. The second kappa shape index (κ2) is 7.02. The summed E-state index contributed by atoms with van der Waals surface area (Å²) in [5.74, 6) is 0.892. The van der Waals surface area contributed by atoms with Crippen LogP contribution in [0, 0.1) is 0 Å². The molecule has 2 rings (SSSR count). The van der Waals surface area contributed by atoms with Crippen molar-refractivity contribution < 1.29 is 14.7 Å². The molecule has 3 nitrogen and oxygen atoms in total. The molecule has 0 aromatic heterocycles. The Labute approximate surface area is 123 Å². The van der Waals surface area contributed by atoms with Crippen LogP contribution in [0.3, 0.4) is 0 Å². The lowest BCUT2D eigenvalue weighted by Gasteiger charge is -2.42. The first-order chi connectivity index (χ1) is 9.10. The molecule has 1 N–H and O–H groups in total. The number of carbonyl (C=O) groups excluding carboxylic acids is 1. The first-order valence-corrected chi connectivity index (χ1v) is 9.01. The van der Waals surface area contributed by atoms with Gasteiger partial charge in [-0.25, -0.2) is 0 Å². The van der Waals surface area contributed by atoms with E-state index in [1.165, 1.54) is 12.8 Å². The van der Waals surface area contributed by atoms with Crippen LogP contribution < -0.4 is 0 Å². The van der Waals surface area contributed by atoms with Crippen LogP contribution in [-0.4, -0.2) is 31.9 Å². The van der Waals surface area contributed by atoms with E-state index in [2.05, 4.69) is 0 Å². The SMILES string of the molecule is O=C(O)CCCCC1CCSC2(CCCC(=O)C2)S1. The summed E-state index contributed by atoms with van der Waals surface area (Å²) < 4.78 is 0.158. The number of carbonyl (C=O) groups is 2. The van der Waals surface area contributed by atoms with Gasteiger partial charge in [0.25, 0.3) is 0 Å². The van der Waals surface area contributed by atoms with Crippen LogP contribution in [0.5, 0.6) is 0 Å². The number of Topliss-reactive ketones (excluding diaryl/α,β-unsaturated/α-hetero) is 1. The maximum atomic E-state index is 11.7. The lowest BCUT2D eigenvalue weighted by Crippen LogP contribution is -2.35. The average molecular weight is 302 g/mol. The van der Waals surface area contributed by atoms with Gasteiger partial charge in [0.05, 0.1) is 4.08 Å². The molecule has 1 heterocycles. The molecule has 2 atom stereocenters. The van der Waals surface area contributed by atoms with Crippen molar-refractivity contribution in [3.63, 3.8) is 0 Å². The van der Waals surface area contributed by atoms with E-state index < -0.39 is 5.97 Å². The van der Waals surface area contributed by atoms with E-state index in [1.54, 1.807) is 0 Å². The monoisotopic (exact) mass is 302 g/mol. The zero-order valence-corrected chi connectivity index (χ0v) is 12.9. The number of hydrogen-bond donors (Lipinski definition) is 1.